The maximum atomic E-state index is 12.4. The molecule has 2 aromatic carbocycles. The first-order valence-corrected chi connectivity index (χ1v) is 6.53. The Balaban J connectivity index is 2.10. The molecule has 0 aromatic heterocycles. The number of hydrogen-bond acceptors (Lipinski definition) is 1. The van der Waals surface area contributed by atoms with Crippen molar-refractivity contribution in [2.75, 3.05) is 11.4 Å². The Labute approximate surface area is 112 Å². The average Bonchev–Trinajstić information content (AvgIpc) is 2.57. The van der Waals surface area contributed by atoms with Gasteiger partial charge in [-0.25, -0.2) is 0 Å². The van der Waals surface area contributed by atoms with Gasteiger partial charge in [-0.05, 0) is 16.7 Å². The van der Waals surface area contributed by atoms with Crippen molar-refractivity contribution < 1.29 is 4.79 Å². The van der Waals surface area contributed by atoms with Crippen LogP contribution in [-0.4, -0.2) is 12.5 Å². The van der Waals surface area contributed by atoms with E-state index in [0.29, 0.717) is 13.0 Å². The molecular weight excluding hydrogens is 234 g/mol. The van der Waals surface area contributed by atoms with Crippen LogP contribution in [0.1, 0.15) is 11.1 Å². The lowest BCUT2D eigenvalue weighted by atomic mass is 9.95. The number of carbonyl (C=O) groups is 1. The van der Waals surface area contributed by atoms with Gasteiger partial charge < -0.3 is 4.90 Å². The molecule has 1 amide bonds. The lowest BCUT2D eigenvalue weighted by Gasteiger charge is -2.26. The van der Waals surface area contributed by atoms with E-state index in [1.165, 1.54) is 11.1 Å². The zero-order valence-electron chi connectivity index (χ0n) is 10.5. The predicted molar refractivity (Wildman–Crippen MR) is 77.0 cm³/mol. The molecule has 2 aliphatic heterocycles. The van der Waals surface area contributed by atoms with Gasteiger partial charge in [-0.3, -0.25) is 4.79 Å². The van der Waals surface area contributed by atoms with E-state index in [1.54, 1.807) is 0 Å². The van der Waals surface area contributed by atoms with Gasteiger partial charge in [-0.15, -0.1) is 0 Å². The van der Waals surface area contributed by atoms with Crippen molar-refractivity contribution in [1.82, 2.24) is 0 Å². The Morgan fingerprint density at radius 2 is 1.79 bits per heavy atom. The fourth-order valence-electron chi connectivity index (χ4n) is 3.01. The molecule has 2 aromatic rings. The van der Waals surface area contributed by atoms with E-state index in [9.17, 15) is 4.79 Å². The Morgan fingerprint density at radius 3 is 2.74 bits per heavy atom. The zero-order chi connectivity index (χ0) is 12.8. The maximum absolute atomic E-state index is 12.4. The third-order valence-corrected chi connectivity index (χ3v) is 3.87. The van der Waals surface area contributed by atoms with Crippen molar-refractivity contribution in [1.29, 1.82) is 0 Å². The number of nitrogens with zero attached hydrogens (tertiary/aromatic N) is 1. The molecule has 2 nitrogen and oxygen atoms in total. The van der Waals surface area contributed by atoms with E-state index in [1.807, 2.05) is 17.0 Å². The number of para-hydroxylation sites is 1. The lowest BCUT2D eigenvalue weighted by Crippen LogP contribution is -2.33. The highest BCUT2D eigenvalue weighted by Crippen LogP contribution is 2.40. The summed E-state index contributed by atoms with van der Waals surface area (Å²) >= 11 is 0. The normalized spacial score (nSPS) is 15.8. The Bertz CT molecular complexity index is 715. The van der Waals surface area contributed by atoms with E-state index in [-0.39, 0.29) is 5.91 Å². The van der Waals surface area contributed by atoms with Gasteiger partial charge in [-0.1, -0.05) is 54.6 Å². The second-order valence-corrected chi connectivity index (χ2v) is 4.98. The van der Waals surface area contributed by atoms with Crippen LogP contribution in [0.5, 0.6) is 0 Å². The quantitative estimate of drug-likeness (QED) is 0.699. The van der Waals surface area contributed by atoms with Crippen molar-refractivity contribution in [2.24, 2.45) is 0 Å². The summed E-state index contributed by atoms with van der Waals surface area (Å²) in [7, 11) is 0. The van der Waals surface area contributed by atoms with Gasteiger partial charge in [0.25, 0.3) is 0 Å². The molecule has 2 aliphatic rings. The summed E-state index contributed by atoms with van der Waals surface area (Å²) in [5.74, 6) is 0.183. The lowest BCUT2D eigenvalue weighted by molar-refractivity contribution is -0.117. The smallest absolute Gasteiger partial charge is 0.231 e. The van der Waals surface area contributed by atoms with Crippen molar-refractivity contribution in [3.8, 4) is 11.1 Å². The van der Waals surface area contributed by atoms with Gasteiger partial charge >= 0.3 is 0 Å². The average molecular weight is 247 g/mol. The van der Waals surface area contributed by atoms with E-state index in [4.69, 9.17) is 0 Å². The van der Waals surface area contributed by atoms with Crippen LogP contribution in [0.2, 0.25) is 0 Å². The third-order valence-electron chi connectivity index (χ3n) is 3.87. The second kappa shape index (κ2) is 3.82. The van der Waals surface area contributed by atoms with E-state index >= 15 is 0 Å². The molecule has 0 aliphatic carbocycles. The Kier molecular flexibility index (Phi) is 2.12. The molecule has 4 rings (SSSR count). The summed E-state index contributed by atoms with van der Waals surface area (Å²) in [5, 5.41) is 0. The van der Waals surface area contributed by atoms with Crippen LogP contribution in [0, 0.1) is 0 Å². The number of carbonyl (C=O) groups excluding carboxylic acids is 1. The van der Waals surface area contributed by atoms with E-state index in [0.717, 1.165) is 16.8 Å². The van der Waals surface area contributed by atoms with Crippen molar-refractivity contribution in [3.05, 3.63) is 59.7 Å². The van der Waals surface area contributed by atoms with Crippen molar-refractivity contribution in [3.63, 3.8) is 0 Å². The molecule has 0 spiro atoms. The van der Waals surface area contributed by atoms with E-state index in [2.05, 4.69) is 42.5 Å². The Hall–Kier alpha value is -2.35. The zero-order valence-corrected chi connectivity index (χ0v) is 10.5. The highest BCUT2D eigenvalue weighted by atomic mass is 16.2. The van der Waals surface area contributed by atoms with Gasteiger partial charge in [0.15, 0.2) is 0 Å². The summed E-state index contributed by atoms with van der Waals surface area (Å²) in [5.41, 5.74) is 5.68. The molecule has 92 valence electrons. The van der Waals surface area contributed by atoms with Crippen molar-refractivity contribution in [2.45, 2.75) is 6.42 Å². The second-order valence-electron chi connectivity index (χ2n) is 4.98. The number of hydrogen-bond donors (Lipinski definition) is 0. The maximum Gasteiger partial charge on any atom is 0.231 e. The molecule has 0 unspecified atom stereocenters. The van der Waals surface area contributed by atoms with Crippen LogP contribution in [0.15, 0.2) is 48.5 Å². The highest BCUT2D eigenvalue weighted by Gasteiger charge is 2.27. The fourth-order valence-corrected chi connectivity index (χ4v) is 3.01. The third kappa shape index (κ3) is 1.46. The molecule has 0 atom stereocenters. The minimum Gasteiger partial charge on any atom is -0.307 e. The van der Waals surface area contributed by atoms with Gasteiger partial charge in [0.05, 0.1) is 12.1 Å². The summed E-state index contributed by atoms with van der Waals surface area (Å²) in [6.07, 6.45) is 4.65. The van der Waals surface area contributed by atoms with Gasteiger partial charge in [0, 0.05) is 12.1 Å². The number of anilines is 1. The molecule has 0 fully saturated rings. The van der Waals surface area contributed by atoms with Crippen LogP contribution < -0.4 is 4.90 Å². The highest BCUT2D eigenvalue weighted by molar-refractivity contribution is 6.05. The van der Waals surface area contributed by atoms with Crippen LogP contribution >= 0.6 is 0 Å². The summed E-state index contributed by atoms with van der Waals surface area (Å²) < 4.78 is 0. The van der Waals surface area contributed by atoms with Crippen LogP contribution in [-0.2, 0) is 11.2 Å². The minimum atomic E-state index is 0.183. The molecule has 0 saturated carbocycles. The molecular formula is C17H13NO. The van der Waals surface area contributed by atoms with Gasteiger partial charge in [-0.2, -0.15) is 0 Å². The fraction of sp³-hybridized carbons (Fsp3) is 0.118. The topological polar surface area (TPSA) is 20.3 Å². The first kappa shape index (κ1) is 10.6. The summed E-state index contributed by atoms with van der Waals surface area (Å²) in [6, 6.07) is 14.5. The molecule has 0 saturated heterocycles. The SMILES string of the molecule is O=C1Cc2ccccc2-c2cccc3c2N1CC=C3. The molecule has 2 heterocycles. The minimum absolute atomic E-state index is 0.183. The van der Waals surface area contributed by atoms with E-state index < -0.39 is 0 Å². The standard InChI is InChI=1S/C17H13NO/c19-16-11-13-5-1-2-8-14(13)15-9-3-6-12-7-4-10-18(16)17(12)15/h1-9H,10-11H2. The predicted octanol–water partition coefficient (Wildman–Crippen LogP) is 3.27. The monoisotopic (exact) mass is 247 g/mol. The Morgan fingerprint density at radius 1 is 0.947 bits per heavy atom. The first-order chi connectivity index (χ1) is 9.34. The molecule has 19 heavy (non-hydrogen) atoms. The van der Waals surface area contributed by atoms with Crippen LogP contribution in [0.25, 0.3) is 17.2 Å². The molecule has 0 N–H and O–H groups in total. The van der Waals surface area contributed by atoms with Crippen LogP contribution in [0.3, 0.4) is 0 Å². The summed E-state index contributed by atoms with van der Waals surface area (Å²) in [6.45, 7) is 0.677. The molecule has 2 heteroatoms. The number of fused-ring (bicyclic) bond motifs is 2. The molecule has 0 bridgehead atoms. The van der Waals surface area contributed by atoms with Crippen molar-refractivity contribution >= 4 is 17.7 Å². The molecule has 0 radical (unpaired) electrons. The van der Waals surface area contributed by atoms with Gasteiger partial charge in [0.1, 0.15) is 0 Å². The number of amides is 1. The number of benzene rings is 2. The largest absolute Gasteiger partial charge is 0.307 e. The number of rotatable bonds is 0. The summed E-state index contributed by atoms with van der Waals surface area (Å²) in [4.78, 5) is 14.4. The van der Waals surface area contributed by atoms with Crippen LogP contribution in [0.4, 0.5) is 5.69 Å². The first-order valence-electron chi connectivity index (χ1n) is 6.53. The van der Waals surface area contributed by atoms with Gasteiger partial charge in [0.2, 0.25) is 5.91 Å².